The summed E-state index contributed by atoms with van der Waals surface area (Å²) >= 11 is 0. The molecule has 1 heterocycles. The molecule has 1 N–H and O–H groups in total. The molecule has 1 atom stereocenters. The zero-order chi connectivity index (χ0) is 13.8. The SMILES string of the molecule is Cl.O=C(CCC1CCNC1)N(CC1CC1)C1CCCCC1. The second kappa shape index (κ2) is 8.38. The average Bonchev–Trinajstić information content (AvgIpc) is 3.16. The molecule has 1 aliphatic heterocycles. The lowest BCUT2D eigenvalue weighted by Gasteiger charge is -2.35. The maximum absolute atomic E-state index is 12.7. The summed E-state index contributed by atoms with van der Waals surface area (Å²) in [7, 11) is 0. The Morgan fingerprint density at radius 2 is 1.76 bits per heavy atom. The van der Waals surface area contributed by atoms with Gasteiger partial charge in [-0.1, -0.05) is 19.3 Å². The third-order valence-corrected chi connectivity index (χ3v) is 5.42. The lowest BCUT2D eigenvalue weighted by molar-refractivity contribution is -0.134. The molecule has 0 aromatic carbocycles. The number of carbonyl (C=O) groups is 1. The highest BCUT2D eigenvalue weighted by atomic mass is 35.5. The van der Waals surface area contributed by atoms with Crippen LogP contribution in [-0.2, 0) is 4.79 Å². The van der Waals surface area contributed by atoms with Gasteiger partial charge in [0.2, 0.25) is 5.91 Å². The standard InChI is InChI=1S/C17H30N2O.ClH/c20-17(9-8-14-10-11-18-12-14)19(13-15-6-7-15)16-4-2-1-3-5-16;/h14-16,18H,1-13H2;1H. The van der Waals surface area contributed by atoms with Gasteiger partial charge in [0.1, 0.15) is 0 Å². The van der Waals surface area contributed by atoms with Crippen molar-refractivity contribution in [2.45, 2.75) is 70.3 Å². The highest BCUT2D eigenvalue weighted by Gasteiger charge is 2.31. The van der Waals surface area contributed by atoms with E-state index in [-0.39, 0.29) is 12.4 Å². The molecule has 0 aromatic rings. The first-order valence-corrected chi connectivity index (χ1v) is 8.83. The first-order chi connectivity index (χ1) is 9.83. The average molecular weight is 315 g/mol. The van der Waals surface area contributed by atoms with Crippen molar-refractivity contribution in [3.8, 4) is 0 Å². The summed E-state index contributed by atoms with van der Waals surface area (Å²) in [6, 6.07) is 0.568. The molecule has 3 nitrogen and oxygen atoms in total. The molecule has 0 spiro atoms. The van der Waals surface area contributed by atoms with Gasteiger partial charge in [-0.3, -0.25) is 4.79 Å². The number of nitrogens with one attached hydrogen (secondary N) is 1. The summed E-state index contributed by atoms with van der Waals surface area (Å²) in [5.74, 6) is 2.03. The Kier molecular flexibility index (Phi) is 6.81. The van der Waals surface area contributed by atoms with Crippen LogP contribution in [0.5, 0.6) is 0 Å². The predicted molar refractivity (Wildman–Crippen MR) is 88.8 cm³/mol. The topological polar surface area (TPSA) is 32.3 Å². The Hall–Kier alpha value is -0.280. The first kappa shape index (κ1) is 17.1. The molecule has 0 aromatic heterocycles. The van der Waals surface area contributed by atoms with E-state index in [1.807, 2.05) is 0 Å². The summed E-state index contributed by atoms with van der Waals surface area (Å²) in [4.78, 5) is 15.0. The zero-order valence-corrected chi connectivity index (χ0v) is 14.0. The molecule has 21 heavy (non-hydrogen) atoms. The molecule has 2 aliphatic carbocycles. The van der Waals surface area contributed by atoms with E-state index < -0.39 is 0 Å². The van der Waals surface area contributed by atoms with E-state index in [0.29, 0.717) is 11.9 Å². The van der Waals surface area contributed by atoms with E-state index in [0.717, 1.165) is 44.3 Å². The smallest absolute Gasteiger partial charge is 0.222 e. The van der Waals surface area contributed by atoms with E-state index >= 15 is 0 Å². The van der Waals surface area contributed by atoms with Crippen molar-refractivity contribution in [3.63, 3.8) is 0 Å². The maximum atomic E-state index is 12.7. The number of rotatable bonds is 6. The van der Waals surface area contributed by atoms with Gasteiger partial charge in [-0.2, -0.15) is 0 Å². The number of nitrogens with zero attached hydrogens (tertiary/aromatic N) is 1. The van der Waals surface area contributed by atoms with Crippen molar-refractivity contribution in [3.05, 3.63) is 0 Å². The monoisotopic (exact) mass is 314 g/mol. The molecule has 2 saturated carbocycles. The Morgan fingerprint density at radius 1 is 1.00 bits per heavy atom. The highest BCUT2D eigenvalue weighted by Crippen LogP contribution is 2.33. The van der Waals surface area contributed by atoms with E-state index in [1.165, 1.54) is 51.4 Å². The van der Waals surface area contributed by atoms with Crippen molar-refractivity contribution in [2.75, 3.05) is 19.6 Å². The summed E-state index contributed by atoms with van der Waals surface area (Å²) in [5.41, 5.74) is 0. The van der Waals surface area contributed by atoms with Crippen molar-refractivity contribution in [1.29, 1.82) is 0 Å². The van der Waals surface area contributed by atoms with Gasteiger partial charge in [-0.25, -0.2) is 0 Å². The van der Waals surface area contributed by atoms with Crippen molar-refractivity contribution < 1.29 is 4.79 Å². The Balaban J connectivity index is 0.00000161. The van der Waals surface area contributed by atoms with Crippen LogP contribution in [-0.4, -0.2) is 36.5 Å². The minimum absolute atomic E-state index is 0. The van der Waals surface area contributed by atoms with Crippen LogP contribution in [0.15, 0.2) is 0 Å². The fourth-order valence-electron chi connectivity index (χ4n) is 3.86. The van der Waals surface area contributed by atoms with Crippen LogP contribution in [0.1, 0.15) is 64.2 Å². The summed E-state index contributed by atoms with van der Waals surface area (Å²) < 4.78 is 0. The van der Waals surface area contributed by atoms with Gasteiger partial charge in [0, 0.05) is 19.0 Å². The Labute approximate surface area is 135 Å². The molecule has 3 aliphatic rings. The van der Waals surface area contributed by atoms with Gasteiger partial charge >= 0.3 is 0 Å². The van der Waals surface area contributed by atoms with Crippen LogP contribution in [0, 0.1) is 11.8 Å². The summed E-state index contributed by atoms with van der Waals surface area (Å²) in [6.07, 6.45) is 12.4. The third-order valence-electron chi connectivity index (χ3n) is 5.42. The summed E-state index contributed by atoms with van der Waals surface area (Å²) in [6.45, 7) is 3.33. The highest BCUT2D eigenvalue weighted by molar-refractivity contribution is 5.85. The van der Waals surface area contributed by atoms with Gasteiger partial charge in [-0.05, 0) is 63.5 Å². The zero-order valence-electron chi connectivity index (χ0n) is 13.2. The van der Waals surface area contributed by atoms with Gasteiger partial charge in [0.05, 0.1) is 0 Å². The molecular weight excluding hydrogens is 284 g/mol. The van der Waals surface area contributed by atoms with Crippen molar-refractivity contribution in [1.82, 2.24) is 10.2 Å². The third kappa shape index (κ3) is 5.14. The first-order valence-electron chi connectivity index (χ1n) is 8.83. The van der Waals surface area contributed by atoms with Crippen LogP contribution >= 0.6 is 12.4 Å². The van der Waals surface area contributed by atoms with Crippen molar-refractivity contribution in [2.24, 2.45) is 11.8 Å². The molecular formula is C17H31ClN2O. The number of hydrogen-bond acceptors (Lipinski definition) is 2. The number of halogens is 1. The Bertz CT molecular complexity index is 321. The second-order valence-electron chi connectivity index (χ2n) is 7.18. The minimum Gasteiger partial charge on any atom is -0.339 e. The molecule has 1 saturated heterocycles. The minimum atomic E-state index is 0. The predicted octanol–water partition coefficient (Wildman–Crippen LogP) is 3.37. The summed E-state index contributed by atoms with van der Waals surface area (Å²) in [5, 5.41) is 3.41. The molecule has 3 rings (SSSR count). The number of hydrogen-bond donors (Lipinski definition) is 1. The fraction of sp³-hybridized carbons (Fsp3) is 0.941. The van der Waals surface area contributed by atoms with Crippen LogP contribution < -0.4 is 5.32 Å². The van der Waals surface area contributed by atoms with E-state index in [4.69, 9.17) is 0 Å². The van der Waals surface area contributed by atoms with Crippen LogP contribution in [0.3, 0.4) is 0 Å². The Morgan fingerprint density at radius 3 is 2.38 bits per heavy atom. The van der Waals surface area contributed by atoms with Crippen LogP contribution in [0.25, 0.3) is 0 Å². The van der Waals surface area contributed by atoms with Gasteiger partial charge < -0.3 is 10.2 Å². The lowest BCUT2D eigenvalue weighted by atomic mass is 9.93. The molecule has 4 heteroatoms. The molecule has 1 unspecified atom stereocenters. The maximum Gasteiger partial charge on any atom is 0.222 e. The molecule has 3 fully saturated rings. The molecule has 0 radical (unpaired) electrons. The second-order valence-corrected chi connectivity index (χ2v) is 7.18. The quantitative estimate of drug-likeness (QED) is 0.815. The van der Waals surface area contributed by atoms with Gasteiger partial charge in [0.15, 0.2) is 0 Å². The van der Waals surface area contributed by atoms with Crippen LogP contribution in [0.4, 0.5) is 0 Å². The van der Waals surface area contributed by atoms with E-state index in [9.17, 15) is 4.79 Å². The van der Waals surface area contributed by atoms with E-state index in [1.54, 1.807) is 0 Å². The van der Waals surface area contributed by atoms with E-state index in [2.05, 4.69) is 10.2 Å². The normalized spacial score (nSPS) is 26.4. The molecule has 122 valence electrons. The molecule has 0 bridgehead atoms. The number of carbonyl (C=O) groups excluding carboxylic acids is 1. The number of amides is 1. The molecule has 1 amide bonds. The van der Waals surface area contributed by atoms with Gasteiger partial charge in [0.25, 0.3) is 0 Å². The largest absolute Gasteiger partial charge is 0.339 e. The van der Waals surface area contributed by atoms with Gasteiger partial charge in [-0.15, -0.1) is 12.4 Å². The fourth-order valence-corrected chi connectivity index (χ4v) is 3.86. The van der Waals surface area contributed by atoms with Crippen molar-refractivity contribution >= 4 is 18.3 Å². The lowest BCUT2D eigenvalue weighted by Crippen LogP contribution is -2.42. The van der Waals surface area contributed by atoms with Crippen LogP contribution in [0.2, 0.25) is 0 Å².